The summed E-state index contributed by atoms with van der Waals surface area (Å²) in [6, 6.07) is 10.8. The molecule has 3 heteroatoms. The Bertz CT molecular complexity index is 460. The first-order valence-corrected chi connectivity index (χ1v) is 3.90. The second kappa shape index (κ2) is 2.86. The molecule has 0 fully saturated rings. The van der Waals surface area contributed by atoms with Crippen LogP contribution in [-0.4, -0.2) is 6.09 Å². The van der Waals surface area contributed by atoms with Crippen molar-refractivity contribution >= 4 is 17.0 Å². The maximum absolute atomic E-state index is 10.7. The van der Waals surface area contributed by atoms with Gasteiger partial charge in [-0.2, -0.15) is 0 Å². The maximum atomic E-state index is 10.7. The van der Waals surface area contributed by atoms with Crippen molar-refractivity contribution in [2.75, 3.05) is 0 Å². The Balaban J connectivity index is 2.83. The summed E-state index contributed by atoms with van der Waals surface area (Å²) in [6.45, 7) is 0. The minimum absolute atomic E-state index is 0.644. The molecule has 0 unspecified atom stereocenters. The molecule has 0 radical (unpaired) electrons. The topological polar surface area (TPSA) is 44.0 Å². The fourth-order valence-corrected chi connectivity index (χ4v) is 1.32. The van der Waals surface area contributed by atoms with E-state index in [4.69, 9.17) is 0 Å². The molecule has 0 N–H and O–H groups in total. The highest BCUT2D eigenvalue weighted by atomic mass is 16.4. The number of hydrogen-bond donors (Lipinski definition) is 0. The summed E-state index contributed by atoms with van der Waals surface area (Å²) in [4.78, 5) is 10.7. The zero-order valence-corrected chi connectivity index (χ0v) is 6.81. The summed E-state index contributed by atoms with van der Waals surface area (Å²) in [5.41, 5.74) is 0.644. The van der Waals surface area contributed by atoms with Gasteiger partial charge in [0.05, 0.1) is 0 Å². The van der Waals surface area contributed by atoms with Crippen LogP contribution in [0.3, 0.4) is 0 Å². The van der Waals surface area contributed by atoms with Gasteiger partial charge in [-0.1, -0.05) is 12.1 Å². The van der Waals surface area contributed by atoms with Gasteiger partial charge < -0.3 is 9.90 Å². The molecule has 0 spiro atoms. The van der Waals surface area contributed by atoms with E-state index in [0.29, 0.717) is 5.52 Å². The van der Waals surface area contributed by atoms with Gasteiger partial charge in [0, 0.05) is 17.5 Å². The van der Waals surface area contributed by atoms with Crippen LogP contribution in [-0.2, 0) is 0 Å². The normalized spacial score (nSPS) is 10.2. The van der Waals surface area contributed by atoms with E-state index in [9.17, 15) is 9.90 Å². The largest absolute Gasteiger partial charge is 0.490 e. The van der Waals surface area contributed by atoms with Crippen LogP contribution in [0.2, 0.25) is 0 Å². The van der Waals surface area contributed by atoms with Crippen molar-refractivity contribution in [1.29, 1.82) is 0 Å². The van der Waals surface area contributed by atoms with Crippen molar-refractivity contribution in [3.8, 4) is 0 Å². The Morgan fingerprint density at radius 2 is 1.85 bits per heavy atom. The molecule has 13 heavy (non-hydrogen) atoms. The van der Waals surface area contributed by atoms with Gasteiger partial charge in [0.2, 0.25) is 5.52 Å². The molecule has 0 saturated heterocycles. The van der Waals surface area contributed by atoms with E-state index in [0.717, 1.165) is 9.95 Å². The van der Waals surface area contributed by atoms with Crippen LogP contribution in [0, 0.1) is 0 Å². The summed E-state index contributed by atoms with van der Waals surface area (Å²) in [6.07, 6.45) is 0.259. The highest BCUT2D eigenvalue weighted by Gasteiger charge is 2.07. The summed E-state index contributed by atoms with van der Waals surface area (Å²) < 4.78 is 1.09. The second-order valence-corrected chi connectivity index (χ2v) is 2.70. The van der Waals surface area contributed by atoms with Crippen LogP contribution >= 0.6 is 0 Å². The van der Waals surface area contributed by atoms with Gasteiger partial charge in [0.25, 0.3) is 0 Å². The van der Waals surface area contributed by atoms with E-state index < -0.39 is 6.09 Å². The molecule has 0 aliphatic rings. The Morgan fingerprint density at radius 3 is 2.62 bits per heavy atom. The smallest absolute Gasteiger partial charge is 0.343 e. The number of aromatic nitrogens is 1. The van der Waals surface area contributed by atoms with Gasteiger partial charge in [-0.3, -0.25) is 0 Å². The minimum atomic E-state index is -1.21. The molecule has 0 aliphatic carbocycles. The van der Waals surface area contributed by atoms with Gasteiger partial charge in [-0.15, -0.1) is 4.57 Å². The number of carbonyl (C=O) groups excluding carboxylic acids is 1. The van der Waals surface area contributed by atoms with Crippen LogP contribution in [0.1, 0.15) is 0 Å². The molecule has 0 amide bonds. The molecule has 0 saturated carbocycles. The third kappa shape index (κ3) is 1.24. The van der Waals surface area contributed by atoms with Crippen LogP contribution in [0.15, 0.2) is 42.6 Å². The van der Waals surface area contributed by atoms with Crippen molar-refractivity contribution in [3.63, 3.8) is 0 Å². The maximum Gasteiger partial charge on any atom is 0.343 e. The highest BCUT2D eigenvalue weighted by Crippen LogP contribution is 2.06. The molecular weight excluding hydrogens is 166 g/mol. The van der Waals surface area contributed by atoms with Gasteiger partial charge in [-0.05, 0) is 12.1 Å². The number of hydrogen-bond acceptors (Lipinski definition) is 2. The minimum Gasteiger partial charge on any atom is -0.490 e. The van der Waals surface area contributed by atoms with E-state index in [1.54, 1.807) is 18.2 Å². The summed E-state index contributed by atoms with van der Waals surface area (Å²) in [5.74, 6) is 0. The number of nitrogens with zero attached hydrogens (tertiary/aromatic N) is 1. The summed E-state index contributed by atoms with van der Waals surface area (Å²) >= 11 is 0. The average Bonchev–Trinajstić information content (AvgIpc) is 2.17. The lowest BCUT2D eigenvalue weighted by atomic mass is 10.2. The molecule has 1 heterocycles. The SMILES string of the molecule is O=C([O-])[n+]1cccc2ccccc21. The molecular formula is C10H7NO2. The Kier molecular flexibility index (Phi) is 1.70. The predicted molar refractivity (Wildman–Crippen MR) is 44.9 cm³/mol. The zero-order valence-electron chi connectivity index (χ0n) is 6.81. The molecule has 2 aromatic rings. The van der Waals surface area contributed by atoms with Gasteiger partial charge in [0.15, 0.2) is 6.20 Å². The number of fused-ring (bicyclic) bond motifs is 1. The lowest BCUT2D eigenvalue weighted by Crippen LogP contribution is -2.52. The van der Waals surface area contributed by atoms with E-state index in [1.807, 2.05) is 18.2 Å². The van der Waals surface area contributed by atoms with Gasteiger partial charge in [0.1, 0.15) is 0 Å². The molecule has 0 atom stereocenters. The number of benzene rings is 1. The number of rotatable bonds is 0. The third-order valence-electron chi connectivity index (χ3n) is 1.90. The highest BCUT2D eigenvalue weighted by molar-refractivity contribution is 5.77. The van der Waals surface area contributed by atoms with E-state index in [-0.39, 0.29) is 0 Å². The van der Waals surface area contributed by atoms with Crippen LogP contribution in [0.4, 0.5) is 4.79 Å². The molecule has 2 rings (SSSR count). The molecule has 0 bridgehead atoms. The molecule has 0 aliphatic heterocycles. The van der Waals surface area contributed by atoms with Crippen LogP contribution < -0.4 is 9.67 Å². The van der Waals surface area contributed by atoms with E-state index in [2.05, 4.69) is 0 Å². The van der Waals surface area contributed by atoms with Crippen molar-refractivity contribution in [2.45, 2.75) is 0 Å². The number of carbonyl (C=O) groups is 1. The van der Waals surface area contributed by atoms with Crippen molar-refractivity contribution < 1.29 is 14.5 Å². The molecule has 64 valence electrons. The standard InChI is InChI=1S/C10H7NO2/c12-10(13)11-7-3-5-8-4-1-2-6-9(8)11/h1-7H. The number of carboxylic acid groups (broad SMARTS) is 1. The Labute approximate surface area is 74.9 Å². The Morgan fingerprint density at radius 1 is 1.15 bits per heavy atom. The first-order valence-electron chi connectivity index (χ1n) is 3.90. The summed E-state index contributed by atoms with van der Waals surface area (Å²) in [5, 5.41) is 11.6. The second-order valence-electron chi connectivity index (χ2n) is 2.70. The Hall–Kier alpha value is -1.90. The zero-order chi connectivity index (χ0) is 9.26. The molecule has 3 nitrogen and oxygen atoms in total. The first-order chi connectivity index (χ1) is 6.29. The summed E-state index contributed by atoms with van der Waals surface area (Å²) in [7, 11) is 0. The number of pyridine rings is 1. The monoisotopic (exact) mass is 173 g/mol. The van der Waals surface area contributed by atoms with Crippen molar-refractivity contribution in [1.82, 2.24) is 0 Å². The fourth-order valence-electron chi connectivity index (χ4n) is 1.32. The quantitative estimate of drug-likeness (QED) is 0.538. The lowest BCUT2D eigenvalue weighted by molar-refractivity contribution is -0.608. The fraction of sp³-hybridized carbons (Fsp3) is 0. The molecule has 1 aromatic carbocycles. The average molecular weight is 173 g/mol. The predicted octanol–water partition coefficient (Wildman–Crippen LogP) is 0.319. The third-order valence-corrected chi connectivity index (χ3v) is 1.90. The first kappa shape index (κ1) is 7.73. The van der Waals surface area contributed by atoms with Gasteiger partial charge in [-0.25, -0.2) is 0 Å². The van der Waals surface area contributed by atoms with Crippen molar-refractivity contribution in [3.05, 3.63) is 42.6 Å². The number of para-hydroxylation sites is 1. The van der Waals surface area contributed by atoms with Gasteiger partial charge >= 0.3 is 6.09 Å². The van der Waals surface area contributed by atoms with Crippen molar-refractivity contribution in [2.24, 2.45) is 0 Å². The van der Waals surface area contributed by atoms with E-state index in [1.165, 1.54) is 6.20 Å². The van der Waals surface area contributed by atoms with Crippen LogP contribution in [0.25, 0.3) is 10.9 Å². The lowest BCUT2D eigenvalue weighted by Gasteiger charge is -1.98. The molecule has 1 aromatic heterocycles. The van der Waals surface area contributed by atoms with Crippen LogP contribution in [0.5, 0.6) is 0 Å². The van der Waals surface area contributed by atoms with E-state index >= 15 is 0 Å².